The van der Waals surface area contributed by atoms with E-state index in [4.69, 9.17) is 14.2 Å². The van der Waals surface area contributed by atoms with Crippen molar-refractivity contribution >= 4 is 27.5 Å². The zero-order valence-electron chi connectivity index (χ0n) is 17.0. The summed E-state index contributed by atoms with van der Waals surface area (Å²) in [6.07, 6.45) is 0. The van der Waals surface area contributed by atoms with Crippen molar-refractivity contribution in [1.29, 1.82) is 0 Å². The maximum absolute atomic E-state index is 12.4. The first-order valence-electron chi connectivity index (χ1n) is 9.12. The number of hydrogen-bond donors (Lipinski definition) is 1. The average Bonchev–Trinajstić information content (AvgIpc) is 3.13. The van der Waals surface area contributed by atoms with Crippen LogP contribution in [0.4, 0.5) is 0 Å². The molecule has 0 aliphatic rings. The van der Waals surface area contributed by atoms with Gasteiger partial charge in [0.15, 0.2) is 11.5 Å². The summed E-state index contributed by atoms with van der Waals surface area (Å²) in [4.78, 5) is 19.0. The molecule has 0 atom stereocenters. The number of amides is 1. The van der Waals surface area contributed by atoms with Crippen LogP contribution in [-0.4, -0.2) is 50.7 Å². The molecule has 3 rings (SSSR count). The molecule has 1 heterocycles. The molecule has 0 saturated heterocycles. The third kappa shape index (κ3) is 5.16. The topological polar surface area (TPSA) is 72.9 Å². The molecule has 0 saturated carbocycles. The predicted molar refractivity (Wildman–Crippen MR) is 114 cm³/mol. The second-order valence-corrected chi connectivity index (χ2v) is 7.66. The minimum absolute atomic E-state index is 0.0783. The first kappa shape index (κ1) is 20.9. The number of nitrogens with zero attached hydrogens (tertiary/aromatic N) is 2. The van der Waals surface area contributed by atoms with Crippen LogP contribution in [0, 0.1) is 0 Å². The van der Waals surface area contributed by atoms with Gasteiger partial charge in [-0.25, -0.2) is 4.98 Å². The monoisotopic (exact) mass is 415 g/mol. The lowest BCUT2D eigenvalue weighted by atomic mass is 10.1. The highest BCUT2D eigenvalue weighted by Gasteiger charge is 2.14. The van der Waals surface area contributed by atoms with Gasteiger partial charge in [-0.1, -0.05) is 12.1 Å². The summed E-state index contributed by atoms with van der Waals surface area (Å²) in [7, 11) is 6.63. The molecule has 29 heavy (non-hydrogen) atoms. The molecule has 154 valence electrons. The highest BCUT2D eigenvalue weighted by molar-refractivity contribution is 7.18. The third-order valence-electron chi connectivity index (χ3n) is 4.42. The molecule has 0 aliphatic carbocycles. The number of aromatic nitrogens is 1. The quantitative estimate of drug-likeness (QED) is 0.579. The zero-order chi connectivity index (χ0) is 20.8. The summed E-state index contributed by atoms with van der Waals surface area (Å²) < 4.78 is 17.2. The number of carbonyl (C=O) groups is 1. The standard InChI is InChI=1S/C21H25N3O4S/c1-24(13-21-23-15-7-5-6-8-19(15)29-21)12-20(25)22-11-14-9-17(27-3)18(28-4)10-16(14)26-2/h5-10H,11-13H2,1-4H3,(H,22,25). The second kappa shape index (κ2) is 9.58. The van der Waals surface area contributed by atoms with E-state index in [9.17, 15) is 4.79 Å². The fourth-order valence-electron chi connectivity index (χ4n) is 3.00. The maximum Gasteiger partial charge on any atom is 0.234 e. The minimum atomic E-state index is -0.0783. The van der Waals surface area contributed by atoms with E-state index >= 15 is 0 Å². The van der Waals surface area contributed by atoms with Gasteiger partial charge in [0.1, 0.15) is 10.8 Å². The molecule has 0 aliphatic heterocycles. The Morgan fingerprint density at radius 1 is 1.07 bits per heavy atom. The Kier molecular flexibility index (Phi) is 6.90. The van der Waals surface area contributed by atoms with Gasteiger partial charge in [0.2, 0.25) is 5.91 Å². The summed E-state index contributed by atoms with van der Waals surface area (Å²) >= 11 is 1.65. The van der Waals surface area contributed by atoms with Gasteiger partial charge in [-0.3, -0.25) is 9.69 Å². The normalized spacial score (nSPS) is 10.9. The van der Waals surface area contributed by atoms with Gasteiger partial charge in [-0.15, -0.1) is 11.3 Å². The van der Waals surface area contributed by atoms with Crippen LogP contribution in [0.5, 0.6) is 17.2 Å². The largest absolute Gasteiger partial charge is 0.496 e. The fraction of sp³-hybridized carbons (Fsp3) is 0.333. The van der Waals surface area contributed by atoms with E-state index in [0.717, 1.165) is 20.8 Å². The Morgan fingerprint density at radius 2 is 1.76 bits per heavy atom. The summed E-state index contributed by atoms with van der Waals surface area (Å²) in [5.41, 5.74) is 1.80. The SMILES string of the molecule is COc1cc(OC)c(OC)cc1CNC(=O)CN(C)Cc1nc2ccccc2s1. The number of hydrogen-bond acceptors (Lipinski definition) is 7. The molecule has 2 aromatic carbocycles. The van der Waals surface area contributed by atoms with Gasteiger partial charge in [0.05, 0.1) is 44.6 Å². The summed E-state index contributed by atoms with van der Waals surface area (Å²) in [5, 5.41) is 3.92. The molecule has 1 amide bonds. The van der Waals surface area contributed by atoms with Crippen LogP contribution in [0.25, 0.3) is 10.2 Å². The first-order chi connectivity index (χ1) is 14.0. The number of likely N-dealkylation sites (N-methyl/N-ethyl adjacent to an activating group) is 1. The van der Waals surface area contributed by atoms with Crippen molar-refractivity contribution < 1.29 is 19.0 Å². The van der Waals surface area contributed by atoms with E-state index in [2.05, 4.69) is 16.4 Å². The van der Waals surface area contributed by atoms with Crippen LogP contribution in [0.15, 0.2) is 36.4 Å². The van der Waals surface area contributed by atoms with E-state index < -0.39 is 0 Å². The van der Waals surface area contributed by atoms with Gasteiger partial charge >= 0.3 is 0 Å². The molecule has 0 unspecified atom stereocenters. The number of methoxy groups -OCH3 is 3. The van der Waals surface area contributed by atoms with Gasteiger partial charge in [-0.2, -0.15) is 0 Å². The summed E-state index contributed by atoms with van der Waals surface area (Å²) in [6.45, 7) is 1.22. The Balaban J connectivity index is 1.57. The molecular formula is C21H25N3O4S. The van der Waals surface area contributed by atoms with Gasteiger partial charge in [-0.05, 0) is 25.2 Å². The van der Waals surface area contributed by atoms with E-state index in [1.54, 1.807) is 38.7 Å². The lowest BCUT2D eigenvalue weighted by molar-refractivity contribution is -0.122. The average molecular weight is 416 g/mol. The number of para-hydroxylation sites is 1. The van der Waals surface area contributed by atoms with Crippen LogP contribution >= 0.6 is 11.3 Å². The molecule has 1 N–H and O–H groups in total. The number of rotatable bonds is 9. The molecule has 8 heteroatoms. The van der Waals surface area contributed by atoms with Crippen molar-refractivity contribution in [3.8, 4) is 17.2 Å². The van der Waals surface area contributed by atoms with Crippen LogP contribution in [0.3, 0.4) is 0 Å². The smallest absolute Gasteiger partial charge is 0.234 e. The van der Waals surface area contributed by atoms with E-state index in [1.165, 1.54) is 0 Å². The highest BCUT2D eigenvalue weighted by atomic mass is 32.1. The molecular weight excluding hydrogens is 390 g/mol. The van der Waals surface area contributed by atoms with Crippen molar-refractivity contribution in [3.05, 3.63) is 47.0 Å². The van der Waals surface area contributed by atoms with Crippen LogP contribution in [0.1, 0.15) is 10.6 Å². The first-order valence-corrected chi connectivity index (χ1v) is 9.94. The Bertz CT molecular complexity index is 956. The molecule has 3 aromatic rings. The minimum Gasteiger partial charge on any atom is -0.496 e. The number of ether oxygens (including phenoxy) is 3. The van der Waals surface area contributed by atoms with Crippen LogP contribution < -0.4 is 19.5 Å². The van der Waals surface area contributed by atoms with Crippen LogP contribution in [-0.2, 0) is 17.9 Å². The van der Waals surface area contributed by atoms with E-state index in [1.807, 2.05) is 36.2 Å². The van der Waals surface area contributed by atoms with Crippen molar-refractivity contribution in [2.45, 2.75) is 13.1 Å². The number of carbonyl (C=O) groups excluding carboxylic acids is 1. The molecule has 0 radical (unpaired) electrons. The summed E-state index contributed by atoms with van der Waals surface area (Å²) in [6, 6.07) is 11.6. The Morgan fingerprint density at radius 3 is 2.45 bits per heavy atom. The number of fused-ring (bicyclic) bond motifs is 1. The van der Waals surface area contributed by atoms with Gasteiger partial charge in [0.25, 0.3) is 0 Å². The zero-order valence-corrected chi connectivity index (χ0v) is 17.8. The number of benzene rings is 2. The lowest BCUT2D eigenvalue weighted by Gasteiger charge is -2.17. The van der Waals surface area contributed by atoms with Crippen molar-refractivity contribution in [1.82, 2.24) is 15.2 Å². The second-order valence-electron chi connectivity index (χ2n) is 6.54. The van der Waals surface area contributed by atoms with Crippen LogP contribution in [0.2, 0.25) is 0 Å². The molecule has 0 fully saturated rings. The molecule has 1 aromatic heterocycles. The van der Waals surface area contributed by atoms with E-state index in [0.29, 0.717) is 30.3 Å². The van der Waals surface area contributed by atoms with Gasteiger partial charge < -0.3 is 19.5 Å². The Hall–Kier alpha value is -2.84. The Labute approximate surface area is 174 Å². The van der Waals surface area contributed by atoms with Crippen molar-refractivity contribution in [2.24, 2.45) is 0 Å². The van der Waals surface area contributed by atoms with E-state index in [-0.39, 0.29) is 12.5 Å². The van der Waals surface area contributed by atoms with Gasteiger partial charge in [0, 0.05) is 18.2 Å². The lowest BCUT2D eigenvalue weighted by Crippen LogP contribution is -2.34. The number of thiazole rings is 1. The maximum atomic E-state index is 12.4. The number of nitrogens with one attached hydrogen (secondary N) is 1. The molecule has 0 spiro atoms. The van der Waals surface area contributed by atoms with Crippen molar-refractivity contribution in [2.75, 3.05) is 34.9 Å². The van der Waals surface area contributed by atoms with Crippen molar-refractivity contribution in [3.63, 3.8) is 0 Å². The fourth-order valence-corrected chi connectivity index (χ4v) is 4.05. The third-order valence-corrected chi connectivity index (χ3v) is 5.44. The highest BCUT2D eigenvalue weighted by Crippen LogP contribution is 2.34. The molecule has 0 bridgehead atoms. The predicted octanol–water partition coefficient (Wildman–Crippen LogP) is 3.07. The molecule has 7 nitrogen and oxygen atoms in total. The summed E-state index contributed by atoms with van der Waals surface area (Å²) in [5.74, 6) is 1.72.